The number of hydrogen-bond donors (Lipinski definition) is 1. The quantitative estimate of drug-likeness (QED) is 0.581. The SMILES string of the molecule is CC(C)CC(=O)Nc1ccccc1C(=O)OCc1cc(=O)n2nc(C3CC3)sc2n1. The van der Waals surface area contributed by atoms with Crippen molar-refractivity contribution in [2.24, 2.45) is 5.92 Å². The van der Waals surface area contributed by atoms with E-state index in [1.165, 1.54) is 21.9 Å². The molecule has 4 rings (SSSR count). The Hall–Kier alpha value is -3.07. The Kier molecular flexibility index (Phi) is 5.63. The van der Waals surface area contributed by atoms with Crippen LogP contribution in [-0.4, -0.2) is 26.5 Å². The Balaban J connectivity index is 1.47. The van der Waals surface area contributed by atoms with Crippen LogP contribution < -0.4 is 10.9 Å². The molecule has 30 heavy (non-hydrogen) atoms. The number of fused-ring (bicyclic) bond motifs is 1. The monoisotopic (exact) mass is 426 g/mol. The van der Waals surface area contributed by atoms with E-state index in [2.05, 4.69) is 15.4 Å². The van der Waals surface area contributed by atoms with Gasteiger partial charge in [0.2, 0.25) is 10.9 Å². The Bertz CT molecular complexity index is 1160. The average molecular weight is 426 g/mol. The number of nitrogens with one attached hydrogen (secondary N) is 1. The van der Waals surface area contributed by atoms with Crippen molar-refractivity contribution in [3.8, 4) is 0 Å². The lowest BCUT2D eigenvalue weighted by molar-refractivity contribution is -0.116. The fourth-order valence-corrected chi connectivity index (χ4v) is 4.09. The number of esters is 1. The van der Waals surface area contributed by atoms with Gasteiger partial charge in [-0.1, -0.05) is 37.3 Å². The molecule has 2 aromatic heterocycles. The van der Waals surface area contributed by atoms with Crippen LogP contribution in [0.2, 0.25) is 0 Å². The molecule has 1 aromatic carbocycles. The van der Waals surface area contributed by atoms with Gasteiger partial charge in [-0.05, 0) is 30.9 Å². The highest BCUT2D eigenvalue weighted by atomic mass is 32.1. The predicted molar refractivity (Wildman–Crippen MR) is 113 cm³/mol. The van der Waals surface area contributed by atoms with E-state index in [-0.39, 0.29) is 29.6 Å². The Morgan fingerprint density at radius 1 is 1.30 bits per heavy atom. The molecule has 0 atom stereocenters. The van der Waals surface area contributed by atoms with Crippen LogP contribution in [0.15, 0.2) is 35.1 Å². The van der Waals surface area contributed by atoms with Gasteiger partial charge in [-0.3, -0.25) is 9.59 Å². The summed E-state index contributed by atoms with van der Waals surface area (Å²) in [4.78, 5) is 41.9. The lowest BCUT2D eigenvalue weighted by atomic mass is 10.1. The molecule has 1 saturated carbocycles. The first kappa shape index (κ1) is 20.2. The molecule has 3 aromatic rings. The van der Waals surface area contributed by atoms with Crippen molar-refractivity contribution in [3.63, 3.8) is 0 Å². The van der Waals surface area contributed by atoms with Crippen molar-refractivity contribution in [2.45, 2.75) is 45.6 Å². The number of rotatable bonds is 7. The Labute approximate surface area is 176 Å². The Morgan fingerprint density at radius 3 is 2.80 bits per heavy atom. The van der Waals surface area contributed by atoms with Crippen LogP contribution >= 0.6 is 11.3 Å². The van der Waals surface area contributed by atoms with E-state index in [1.54, 1.807) is 24.3 Å². The van der Waals surface area contributed by atoms with Gasteiger partial charge in [0.25, 0.3) is 5.56 Å². The lowest BCUT2D eigenvalue weighted by Gasteiger charge is -2.11. The zero-order valence-corrected chi connectivity index (χ0v) is 17.6. The third-order valence-corrected chi connectivity index (χ3v) is 5.68. The van der Waals surface area contributed by atoms with Gasteiger partial charge in [0.05, 0.1) is 16.9 Å². The summed E-state index contributed by atoms with van der Waals surface area (Å²) in [7, 11) is 0. The lowest BCUT2D eigenvalue weighted by Crippen LogP contribution is -2.18. The maximum Gasteiger partial charge on any atom is 0.340 e. The van der Waals surface area contributed by atoms with Crippen LogP contribution in [-0.2, 0) is 16.1 Å². The molecule has 0 unspecified atom stereocenters. The molecule has 2 heterocycles. The molecule has 0 bridgehead atoms. The number of anilines is 1. The van der Waals surface area contributed by atoms with Crippen LogP contribution in [0.5, 0.6) is 0 Å². The third-order valence-electron chi connectivity index (χ3n) is 4.61. The molecule has 8 nitrogen and oxygen atoms in total. The van der Waals surface area contributed by atoms with Crippen molar-refractivity contribution < 1.29 is 14.3 Å². The van der Waals surface area contributed by atoms with Gasteiger partial charge in [-0.2, -0.15) is 9.61 Å². The highest BCUT2D eigenvalue weighted by Crippen LogP contribution is 2.41. The molecule has 0 saturated heterocycles. The normalized spacial score (nSPS) is 13.6. The van der Waals surface area contributed by atoms with Gasteiger partial charge in [-0.25, -0.2) is 9.78 Å². The zero-order chi connectivity index (χ0) is 21.3. The van der Waals surface area contributed by atoms with Gasteiger partial charge in [0.15, 0.2) is 0 Å². The molecular formula is C21H22N4O4S. The fourth-order valence-electron chi connectivity index (χ4n) is 3.00. The molecule has 1 amide bonds. The number of para-hydroxylation sites is 1. The highest BCUT2D eigenvalue weighted by Gasteiger charge is 2.28. The predicted octanol–water partition coefficient (Wildman–Crippen LogP) is 3.37. The number of ether oxygens (including phenoxy) is 1. The summed E-state index contributed by atoms with van der Waals surface area (Å²) >= 11 is 1.39. The molecule has 1 fully saturated rings. The van der Waals surface area contributed by atoms with Crippen molar-refractivity contribution in [1.29, 1.82) is 0 Å². The second-order valence-corrected chi connectivity index (χ2v) is 8.75. The largest absolute Gasteiger partial charge is 0.456 e. The van der Waals surface area contributed by atoms with Crippen LogP contribution in [0.1, 0.15) is 60.1 Å². The summed E-state index contributed by atoms with van der Waals surface area (Å²) < 4.78 is 6.67. The van der Waals surface area contributed by atoms with Crippen LogP contribution in [0.4, 0.5) is 5.69 Å². The third kappa shape index (κ3) is 4.56. The van der Waals surface area contributed by atoms with Gasteiger partial charge >= 0.3 is 5.97 Å². The number of carbonyl (C=O) groups is 2. The van der Waals surface area contributed by atoms with E-state index >= 15 is 0 Å². The number of nitrogens with zero attached hydrogens (tertiary/aromatic N) is 3. The minimum absolute atomic E-state index is 0.143. The molecule has 1 N–H and O–H groups in total. The minimum atomic E-state index is -0.597. The van der Waals surface area contributed by atoms with E-state index in [1.807, 2.05) is 13.8 Å². The van der Waals surface area contributed by atoms with Crippen molar-refractivity contribution in [2.75, 3.05) is 5.32 Å². The first-order valence-corrected chi connectivity index (χ1v) is 10.7. The minimum Gasteiger partial charge on any atom is -0.456 e. The summed E-state index contributed by atoms with van der Waals surface area (Å²) in [5.74, 6) is -0.126. The summed E-state index contributed by atoms with van der Waals surface area (Å²) in [5.41, 5.74) is 0.714. The summed E-state index contributed by atoms with van der Waals surface area (Å²) in [5, 5.41) is 8.00. The zero-order valence-electron chi connectivity index (χ0n) is 16.8. The van der Waals surface area contributed by atoms with Crippen LogP contribution in [0.25, 0.3) is 4.96 Å². The number of carbonyl (C=O) groups excluding carboxylic acids is 2. The maximum absolute atomic E-state index is 12.6. The number of amides is 1. The first-order chi connectivity index (χ1) is 14.4. The van der Waals surface area contributed by atoms with Crippen LogP contribution in [0, 0.1) is 5.92 Å². The second kappa shape index (κ2) is 8.35. The smallest absolute Gasteiger partial charge is 0.340 e. The van der Waals surface area contributed by atoms with Crippen molar-refractivity contribution >= 4 is 33.9 Å². The van der Waals surface area contributed by atoms with E-state index in [4.69, 9.17) is 4.74 Å². The van der Waals surface area contributed by atoms with Gasteiger partial charge in [0.1, 0.15) is 11.6 Å². The number of hydrogen-bond acceptors (Lipinski definition) is 7. The number of benzene rings is 1. The van der Waals surface area contributed by atoms with Crippen LogP contribution in [0.3, 0.4) is 0 Å². The molecule has 1 aliphatic rings. The summed E-state index contributed by atoms with van der Waals surface area (Å²) in [6.07, 6.45) is 2.53. The Morgan fingerprint density at radius 2 is 2.07 bits per heavy atom. The first-order valence-electron chi connectivity index (χ1n) is 9.86. The number of aromatic nitrogens is 3. The highest BCUT2D eigenvalue weighted by molar-refractivity contribution is 7.16. The average Bonchev–Trinajstić information content (AvgIpc) is 3.45. The van der Waals surface area contributed by atoms with E-state index in [9.17, 15) is 14.4 Å². The molecule has 9 heteroatoms. The molecule has 156 valence electrons. The molecule has 0 aliphatic heterocycles. The van der Waals surface area contributed by atoms with Crippen molar-refractivity contribution in [3.05, 3.63) is 57.0 Å². The van der Waals surface area contributed by atoms with Gasteiger partial charge in [0, 0.05) is 18.4 Å². The van der Waals surface area contributed by atoms with Crippen molar-refractivity contribution in [1.82, 2.24) is 14.6 Å². The fraction of sp³-hybridized carbons (Fsp3) is 0.381. The molecule has 0 radical (unpaired) electrons. The molecule has 0 spiro atoms. The van der Waals surface area contributed by atoms with Gasteiger partial charge < -0.3 is 10.1 Å². The van der Waals surface area contributed by atoms with E-state index < -0.39 is 5.97 Å². The van der Waals surface area contributed by atoms with E-state index in [0.29, 0.717) is 28.7 Å². The summed E-state index contributed by atoms with van der Waals surface area (Å²) in [6.45, 7) is 3.75. The molecule has 1 aliphatic carbocycles. The maximum atomic E-state index is 12.6. The standard InChI is InChI=1S/C21H22N4O4S/c1-12(2)9-17(26)23-16-6-4-3-5-15(16)20(28)29-11-14-10-18(27)25-21(22-14)30-19(24-25)13-7-8-13/h3-6,10,12-13H,7-9,11H2,1-2H3,(H,23,26). The topological polar surface area (TPSA) is 103 Å². The van der Waals surface area contributed by atoms with Gasteiger partial charge in [-0.15, -0.1) is 0 Å². The van der Waals surface area contributed by atoms with E-state index in [0.717, 1.165) is 17.8 Å². The second-order valence-electron chi connectivity index (χ2n) is 7.76. The molecular weight excluding hydrogens is 404 g/mol. The summed E-state index contributed by atoms with van der Waals surface area (Å²) in [6, 6.07) is 8.00.